The lowest BCUT2D eigenvalue weighted by Crippen LogP contribution is -2.50. The number of benzene rings is 2. The molecule has 0 bridgehead atoms. The molecule has 3 aromatic rings. The number of aromatic nitrogens is 1. The van der Waals surface area contributed by atoms with Crippen molar-refractivity contribution in [3.05, 3.63) is 65.9 Å². The van der Waals surface area contributed by atoms with Crippen LogP contribution in [0.5, 0.6) is 0 Å². The lowest BCUT2D eigenvalue weighted by atomic mass is 10.1. The van der Waals surface area contributed by atoms with Crippen molar-refractivity contribution in [1.82, 2.24) is 14.8 Å². The van der Waals surface area contributed by atoms with Crippen LogP contribution in [-0.4, -0.2) is 65.9 Å². The molecule has 1 aromatic heterocycles. The fourth-order valence-corrected chi connectivity index (χ4v) is 4.99. The second kappa shape index (κ2) is 8.69. The average molecular weight is 431 g/mol. The maximum absolute atomic E-state index is 13.1. The molecule has 1 atom stereocenters. The first-order chi connectivity index (χ1) is 15.6. The quantitative estimate of drug-likeness (QED) is 0.676. The fourth-order valence-electron chi connectivity index (χ4n) is 4.99. The van der Waals surface area contributed by atoms with Gasteiger partial charge in [-0.2, -0.15) is 0 Å². The summed E-state index contributed by atoms with van der Waals surface area (Å²) >= 11 is 0. The zero-order valence-electron chi connectivity index (χ0n) is 18.6. The van der Waals surface area contributed by atoms with Gasteiger partial charge in [-0.3, -0.25) is 9.59 Å². The third-order valence-corrected chi connectivity index (χ3v) is 6.85. The normalized spacial score (nSPS) is 19.2. The molecule has 32 heavy (non-hydrogen) atoms. The predicted molar refractivity (Wildman–Crippen MR) is 127 cm³/mol. The Morgan fingerprint density at radius 1 is 1.06 bits per heavy atom. The second-order valence-electron chi connectivity index (χ2n) is 9.00. The van der Waals surface area contributed by atoms with Gasteiger partial charge in [0.1, 0.15) is 0 Å². The number of hydrogen-bond acceptors (Lipinski definition) is 3. The van der Waals surface area contributed by atoms with Gasteiger partial charge in [0.05, 0.1) is 5.92 Å². The Bertz CT molecular complexity index is 1120. The summed E-state index contributed by atoms with van der Waals surface area (Å²) in [5.41, 5.74) is 4.78. The molecule has 0 radical (unpaired) electrons. The van der Waals surface area contributed by atoms with Gasteiger partial charge >= 0.3 is 0 Å². The minimum Gasteiger partial charge on any atom is -0.368 e. The van der Waals surface area contributed by atoms with Gasteiger partial charge in [-0.25, -0.2) is 0 Å². The van der Waals surface area contributed by atoms with Gasteiger partial charge < -0.3 is 19.7 Å². The van der Waals surface area contributed by atoms with Crippen LogP contribution in [0.3, 0.4) is 0 Å². The maximum Gasteiger partial charge on any atom is 0.228 e. The van der Waals surface area contributed by atoms with Crippen LogP contribution in [0, 0.1) is 12.8 Å². The van der Waals surface area contributed by atoms with Gasteiger partial charge in [0.25, 0.3) is 0 Å². The number of carbonyl (C=O) groups is 2. The van der Waals surface area contributed by atoms with Crippen LogP contribution < -0.4 is 4.90 Å². The largest absolute Gasteiger partial charge is 0.368 e. The van der Waals surface area contributed by atoms with Crippen molar-refractivity contribution in [3.63, 3.8) is 0 Å². The lowest BCUT2D eigenvalue weighted by molar-refractivity contribution is -0.136. The van der Waals surface area contributed by atoms with Gasteiger partial charge in [0.2, 0.25) is 11.8 Å². The standard InChI is InChI=1S/C26H30N4O2/c1-19-7-8-24-23(15-19)20(17-27-24)9-10-30-18-21(16-25(30)31)26(32)29-13-11-28(12-14-29)22-5-3-2-4-6-22/h2-8,15,17,21,27H,9-14,16,18H2,1H3/t21-/m1/s1. The van der Waals surface area contributed by atoms with E-state index in [1.54, 1.807) is 0 Å². The summed E-state index contributed by atoms with van der Waals surface area (Å²) in [6.07, 6.45) is 3.18. The molecule has 2 saturated heterocycles. The number of fused-ring (bicyclic) bond motifs is 1. The minimum atomic E-state index is -0.212. The summed E-state index contributed by atoms with van der Waals surface area (Å²) in [7, 11) is 0. The Hall–Kier alpha value is -3.28. The molecule has 0 spiro atoms. The smallest absolute Gasteiger partial charge is 0.228 e. The van der Waals surface area contributed by atoms with Gasteiger partial charge in [0.15, 0.2) is 0 Å². The number of nitrogens with zero attached hydrogens (tertiary/aromatic N) is 3. The highest BCUT2D eigenvalue weighted by Crippen LogP contribution is 2.24. The van der Waals surface area contributed by atoms with Crippen LogP contribution in [0.4, 0.5) is 5.69 Å². The molecule has 5 rings (SSSR count). The lowest BCUT2D eigenvalue weighted by Gasteiger charge is -2.37. The summed E-state index contributed by atoms with van der Waals surface area (Å²) in [4.78, 5) is 35.2. The summed E-state index contributed by atoms with van der Waals surface area (Å²) in [5, 5.41) is 1.22. The minimum absolute atomic E-state index is 0.0993. The molecule has 2 aromatic carbocycles. The average Bonchev–Trinajstić information content (AvgIpc) is 3.40. The Morgan fingerprint density at radius 2 is 1.84 bits per heavy atom. The first kappa shape index (κ1) is 20.6. The number of carbonyl (C=O) groups excluding carboxylic acids is 2. The SMILES string of the molecule is Cc1ccc2[nH]cc(CCN3C[C@H](C(=O)N4CCN(c5ccccc5)CC4)CC3=O)c2c1. The highest BCUT2D eigenvalue weighted by molar-refractivity contribution is 5.89. The van der Waals surface area contributed by atoms with Crippen molar-refractivity contribution >= 4 is 28.4 Å². The van der Waals surface area contributed by atoms with Crippen LogP contribution in [0.2, 0.25) is 0 Å². The number of rotatable bonds is 5. The first-order valence-electron chi connectivity index (χ1n) is 11.5. The van der Waals surface area contributed by atoms with Crippen LogP contribution >= 0.6 is 0 Å². The molecule has 6 nitrogen and oxygen atoms in total. The van der Waals surface area contributed by atoms with Crippen LogP contribution in [-0.2, 0) is 16.0 Å². The van der Waals surface area contributed by atoms with Crippen molar-refractivity contribution in [2.45, 2.75) is 19.8 Å². The Kier molecular flexibility index (Phi) is 5.60. The fraction of sp³-hybridized carbons (Fsp3) is 0.385. The highest BCUT2D eigenvalue weighted by Gasteiger charge is 2.37. The molecular weight excluding hydrogens is 400 g/mol. The van der Waals surface area contributed by atoms with Crippen molar-refractivity contribution in [3.8, 4) is 0 Å². The number of aryl methyl sites for hydroxylation is 1. The number of piperazine rings is 1. The predicted octanol–water partition coefficient (Wildman–Crippen LogP) is 3.22. The third kappa shape index (κ3) is 4.09. The molecule has 2 aliphatic rings. The summed E-state index contributed by atoms with van der Waals surface area (Å²) in [6.45, 7) is 6.39. The van der Waals surface area contributed by atoms with Crippen LogP contribution in [0.15, 0.2) is 54.7 Å². The second-order valence-corrected chi connectivity index (χ2v) is 9.00. The van der Waals surface area contributed by atoms with Crippen molar-refractivity contribution in [1.29, 1.82) is 0 Å². The number of amides is 2. The van der Waals surface area contributed by atoms with Gasteiger partial charge in [0, 0.05) is 68.5 Å². The molecule has 2 fully saturated rings. The third-order valence-electron chi connectivity index (χ3n) is 6.85. The van der Waals surface area contributed by atoms with E-state index in [9.17, 15) is 9.59 Å². The summed E-state index contributed by atoms with van der Waals surface area (Å²) in [5.74, 6) is 0.0227. The van der Waals surface area contributed by atoms with E-state index in [0.717, 1.165) is 25.0 Å². The molecule has 2 aliphatic heterocycles. The molecule has 0 aliphatic carbocycles. The number of nitrogens with one attached hydrogen (secondary N) is 1. The van der Waals surface area contributed by atoms with Gasteiger partial charge in [-0.15, -0.1) is 0 Å². The molecule has 0 saturated carbocycles. The molecule has 166 valence electrons. The molecule has 6 heteroatoms. The van der Waals surface area contributed by atoms with E-state index in [2.05, 4.69) is 47.1 Å². The van der Waals surface area contributed by atoms with Crippen LogP contribution in [0.1, 0.15) is 17.5 Å². The number of anilines is 1. The topological polar surface area (TPSA) is 59.7 Å². The Morgan fingerprint density at radius 3 is 2.62 bits per heavy atom. The first-order valence-corrected chi connectivity index (χ1v) is 11.5. The number of para-hydroxylation sites is 1. The van der Waals surface area contributed by atoms with Gasteiger partial charge in [-0.05, 0) is 43.2 Å². The summed E-state index contributed by atoms with van der Waals surface area (Å²) < 4.78 is 0. The summed E-state index contributed by atoms with van der Waals surface area (Å²) in [6, 6.07) is 16.7. The Labute approximate surface area is 188 Å². The van der Waals surface area contributed by atoms with E-state index in [1.807, 2.05) is 34.2 Å². The number of aromatic amines is 1. The van der Waals surface area contributed by atoms with Crippen molar-refractivity contribution < 1.29 is 9.59 Å². The van der Waals surface area contributed by atoms with E-state index >= 15 is 0 Å². The number of likely N-dealkylation sites (tertiary alicyclic amines) is 1. The monoisotopic (exact) mass is 430 g/mol. The van der Waals surface area contributed by atoms with Crippen molar-refractivity contribution in [2.24, 2.45) is 5.92 Å². The molecule has 0 unspecified atom stereocenters. The van der Waals surface area contributed by atoms with Crippen LogP contribution in [0.25, 0.3) is 10.9 Å². The van der Waals surface area contributed by atoms with Gasteiger partial charge in [-0.1, -0.05) is 29.8 Å². The zero-order chi connectivity index (χ0) is 22.1. The van der Waals surface area contributed by atoms with E-state index in [4.69, 9.17) is 0 Å². The maximum atomic E-state index is 13.1. The number of hydrogen-bond donors (Lipinski definition) is 1. The molecule has 1 N–H and O–H groups in total. The molecule has 2 amide bonds. The molecule has 3 heterocycles. The molecular formula is C26H30N4O2. The Balaban J connectivity index is 1.16. The van der Waals surface area contributed by atoms with Crippen molar-refractivity contribution in [2.75, 3.05) is 44.2 Å². The zero-order valence-corrected chi connectivity index (χ0v) is 18.6. The van der Waals surface area contributed by atoms with E-state index < -0.39 is 0 Å². The number of H-pyrrole nitrogens is 1. The van der Waals surface area contributed by atoms with E-state index in [0.29, 0.717) is 32.6 Å². The van der Waals surface area contributed by atoms with E-state index in [-0.39, 0.29) is 17.7 Å². The van der Waals surface area contributed by atoms with E-state index in [1.165, 1.54) is 22.2 Å². The highest BCUT2D eigenvalue weighted by atomic mass is 16.2.